The summed E-state index contributed by atoms with van der Waals surface area (Å²) in [6.45, 7) is 5.69. The molecule has 2 rings (SSSR count). The molecule has 0 saturated heterocycles. The zero-order valence-electron chi connectivity index (χ0n) is 13.9. The average molecular weight is 331 g/mol. The highest BCUT2D eigenvalue weighted by Crippen LogP contribution is 2.12. The van der Waals surface area contributed by atoms with E-state index in [2.05, 4.69) is 29.0 Å². The fraction of sp³-hybridized carbons (Fsp3) is 0.333. The van der Waals surface area contributed by atoms with Gasteiger partial charge in [-0.1, -0.05) is 6.07 Å². The third-order valence-electron chi connectivity index (χ3n) is 3.83. The Labute approximate surface area is 141 Å². The Kier molecular flexibility index (Phi) is 6.26. The number of hydrogen-bond donors (Lipinski definition) is 2. The van der Waals surface area contributed by atoms with Crippen LogP contribution in [0.2, 0.25) is 0 Å². The molecule has 2 aromatic rings. The van der Waals surface area contributed by atoms with Crippen LogP contribution in [0.4, 0.5) is 10.2 Å². The number of pyridine rings is 1. The second-order valence-electron chi connectivity index (χ2n) is 5.34. The van der Waals surface area contributed by atoms with Crippen LogP contribution in [0.25, 0.3) is 0 Å². The minimum absolute atomic E-state index is 0.215. The predicted octanol–water partition coefficient (Wildman–Crippen LogP) is 2.49. The van der Waals surface area contributed by atoms with Gasteiger partial charge in [-0.3, -0.25) is 4.79 Å². The number of aliphatic hydroxyl groups excluding tert-OH is 1. The number of aromatic nitrogens is 1. The van der Waals surface area contributed by atoms with E-state index in [0.717, 1.165) is 24.5 Å². The third-order valence-corrected chi connectivity index (χ3v) is 3.83. The second kappa shape index (κ2) is 8.40. The number of carbonyl (C=O) groups excluding carboxylic acids is 1. The molecule has 2 N–H and O–H groups in total. The van der Waals surface area contributed by atoms with E-state index in [9.17, 15) is 9.18 Å². The second-order valence-corrected chi connectivity index (χ2v) is 5.34. The molecule has 0 aliphatic rings. The number of aliphatic hydroxyl groups is 1. The van der Waals surface area contributed by atoms with Crippen molar-refractivity contribution < 1.29 is 14.3 Å². The van der Waals surface area contributed by atoms with Crippen LogP contribution >= 0.6 is 0 Å². The summed E-state index contributed by atoms with van der Waals surface area (Å²) in [5, 5.41) is 11.8. The first-order valence-electron chi connectivity index (χ1n) is 7.96. The van der Waals surface area contributed by atoms with Crippen LogP contribution in [-0.4, -0.2) is 29.1 Å². The number of hydrogen-bond acceptors (Lipinski definition) is 4. The zero-order chi connectivity index (χ0) is 17.5. The van der Waals surface area contributed by atoms with Gasteiger partial charge in [0.25, 0.3) is 5.91 Å². The summed E-state index contributed by atoms with van der Waals surface area (Å²) >= 11 is 0. The van der Waals surface area contributed by atoms with Crippen LogP contribution in [0.1, 0.15) is 35.3 Å². The monoisotopic (exact) mass is 331 g/mol. The van der Waals surface area contributed by atoms with Crippen molar-refractivity contribution in [1.82, 2.24) is 10.3 Å². The van der Waals surface area contributed by atoms with Crippen molar-refractivity contribution in [2.75, 3.05) is 18.0 Å². The van der Waals surface area contributed by atoms with Gasteiger partial charge in [-0.2, -0.15) is 0 Å². The number of carbonyl (C=O) groups is 1. The molecule has 1 aromatic carbocycles. The van der Waals surface area contributed by atoms with Gasteiger partial charge in [0.2, 0.25) is 0 Å². The van der Waals surface area contributed by atoms with Crippen LogP contribution in [0.15, 0.2) is 36.5 Å². The summed E-state index contributed by atoms with van der Waals surface area (Å²) < 4.78 is 13.3. The minimum Gasteiger partial charge on any atom is -0.392 e. The largest absolute Gasteiger partial charge is 0.392 e. The molecule has 6 heteroatoms. The Hall–Kier alpha value is -2.47. The molecule has 0 aliphatic carbocycles. The summed E-state index contributed by atoms with van der Waals surface area (Å²) in [6.07, 6.45) is 1.55. The maximum Gasteiger partial charge on any atom is 0.253 e. The van der Waals surface area contributed by atoms with Gasteiger partial charge in [-0.05, 0) is 43.7 Å². The molecule has 0 aliphatic heterocycles. The fourth-order valence-electron chi connectivity index (χ4n) is 2.40. The molecule has 0 spiro atoms. The number of halogens is 1. The van der Waals surface area contributed by atoms with Gasteiger partial charge in [0.15, 0.2) is 0 Å². The van der Waals surface area contributed by atoms with Crippen molar-refractivity contribution in [2.24, 2.45) is 0 Å². The van der Waals surface area contributed by atoms with Crippen LogP contribution < -0.4 is 10.2 Å². The summed E-state index contributed by atoms with van der Waals surface area (Å²) in [5.41, 5.74) is 1.41. The van der Waals surface area contributed by atoms with Crippen molar-refractivity contribution in [1.29, 1.82) is 0 Å². The SMILES string of the molecule is CCN(CC)c1ccc(C(=O)NCc2ccc(F)c(CO)c2)cn1. The molecule has 128 valence electrons. The lowest BCUT2D eigenvalue weighted by Crippen LogP contribution is -2.25. The maximum absolute atomic E-state index is 13.3. The van der Waals surface area contributed by atoms with Gasteiger partial charge in [-0.25, -0.2) is 9.37 Å². The molecule has 24 heavy (non-hydrogen) atoms. The molecule has 0 radical (unpaired) electrons. The highest BCUT2D eigenvalue weighted by Gasteiger charge is 2.09. The molecule has 0 unspecified atom stereocenters. The third kappa shape index (κ3) is 4.29. The van der Waals surface area contributed by atoms with Crippen molar-refractivity contribution in [3.8, 4) is 0 Å². The lowest BCUT2D eigenvalue weighted by atomic mass is 10.1. The first kappa shape index (κ1) is 17.9. The molecule has 5 nitrogen and oxygen atoms in total. The highest BCUT2D eigenvalue weighted by molar-refractivity contribution is 5.94. The molecule has 1 aromatic heterocycles. The van der Waals surface area contributed by atoms with E-state index in [1.807, 2.05) is 6.07 Å². The number of benzene rings is 1. The predicted molar refractivity (Wildman–Crippen MR) is 91.3 cm³/mol. The number of amides is 1. The molecule has 1 amide bonds. The summed E-state index contributed by atoms with van der Waals surface area (Å²) in [6, 6.07) is 7.96. The Balaban J connectivity index is 2.00. The normalized spacial score (nSPS) is 10.5. The Morgan fingerprint density at radius 2 is 2.00 bits per heavy atom. The van der Waals surface area contributed by atoms with E-state index in [4.69, 9.17) is 5.11 Å². The molecular formula is C18H22FN3O2. The fourth-order valence-corrected chi connectivity index (χ4v) is 2.40. The topological polar surface area (TPSA) is 65.5 Å². The molecule has 0 atom stereocenters. The van der Waals surface area contributed by atoms with Gasteiger partial charge in [-0.15, -0.1) is 0 Å². The van der Waals surface area contributed by atoms with Crippen molar-refractivity contribution >= 4 is 11.7 Å². The number of nitrogens with one attached hydrogen (secondary N) is 1. The first-order valence-corrected chi connectivity index (χ1v) is 7.96. The summed E-state index contributed by atoms with van der Waals surface area (Å²) in [7, 11) is 0. The zero-order valence-corrected chi connectivity index (χ0v) is 13.9. The van der Waals surface area contributed by atoms with E-state index >= 15 is 0 Å². The van der Waals surface area contributed by atoms with E-state index in [1.54, 1.807) is 18.3 Å². The van der Waals surface area contributed by atoms with Crippen LogP contribution in [0.3, 0.4) is 0 Å². The number of anilines is 1. The van der Waals surface area contributed by atoms with E-state index in [-0.39, 0.29) is 24.6 Å². The number of rotatable bonds is 7. The summed E-state index contributed by atoms with van der Waals surface area (Å²) in [5.74, 6) is 0.134. The quantitative estimate of drug-likeness (QED) is 0.818. The highest BCUT2D eigenvalue weighted by atomic mass is 19.1. The van der Waals surface area contributed by atoms with Crippen LogP contribution in [0, 0.1) is 5.82 Å². The van der Waals surface area contributed by atoms with Gasteiger partial charge in [0.05, 0.1) is 12.2 Å². The number of nitrogens with zero attached hydrogens (tertiary/aromatic N) is 2. The molecular weight excluding hydrogens is 309 g/mol. The lowest BCUT2D eigenvalue weighted by Gasteiger charge is -2.19. The molecule has 1 heterocycles. The van der Waals surface area contributed by atoms with E-state index < -0.39 is 5.82 Å². The molecule has 0 saturated carbocycles. The Bertz CT molecular complexity index is 685. The Morgan fingerprint density at radius 3 is 2.58 bits per heavy atom. The van der Waals surface area contributed by atoms with Crippen molar-refractivity contribution in [3.63, 3.8) is 0 Å². The van der Waals surface area contributed by atoms with Gasteiger partial charge in [0.1, 0.15) is 11.6 Å². The molecule has 0 bridgehead atoms. The van der Waals surface area contributed by atoms with E-state index in [1.165, 1.54) is 12.1 Å². The standard InChI is InChI=1S/C18H22FN3O2/c1-3-22(4-2)17-8-6-14(11-20-17)18(24)21-10-13-5-7-16(19)15(9-13)12-23/h5-9,11,23H,3-4,10,12H2,1-2H3,(H,21,24). The smallest absolute Gasteiger partial charge is 0.253 e. The van der Waals surface area contributed by atoms with Gasteiger partial charge in [0, 0.05) is 31.4 Å². The minimum atomic E-state index is -0.455. The Morgan fingerprint density at radius 1 is 1.25 bits per heavy atom. The average Bonchev–Trinajstić information content (AvgIpc) is 2.62. The molecule has 0 fully saturated rings. The van der Waals surface area contributed by atoms with E-state index in [0.29, 0.717) is 5.56 Å². The van der Waals surface area contributed by atoms with Crippen LogP contribution in [0.5, 0.6) is 0 Å². The van der Waals surface area contributed by atoms with Gasteiger partial charge >= 0.3 is 0 Å². The first-order chi connectivity index (χ1) is 11.6. The van der Waals surface area contributed by atoms with Gasteiger partial charge < -0.3 is 15.3 Å². The van der Waals surface area contributed by atoms with Crippen molar-refractivity contribution in [3.05, 3.63) is 59.0 Å². The lowest BCUT2D eigenvalue weighted by molar-refractivity contribution is 0.0950. The van der Waals surface area contributed by atoms with Crippen LogP contribution in [-0.2, 0) is 13.2 Å². The maximum atomic E-state index is 13.3. The summed E-state index contributed by atoms with van der Waals surface area (Å²) in [4.78, 5) is 18.6. The van der Waals surface area contributed by atoms with Crippen molar-refractivity contribution in [2.45, 2.75) is 27.0 Å².